The minimum absolute atomic E-state index is 0. The summed E-state index contributed by atoms with van der Waals surface area (Å²) in [7, 11) is 1.89. The number of nitrogens with one attached hydrogen (secondary N) is 1. The summed E-state index contributed by atoms with van der Waals surface area (Å²) in [4.78, 5) is 14.9. The minimum atomic E-state index is 0. The molecular formula is C15H14ClN7O. The quantitative estimate of drug-likeness (QED) is 0.607. The second kappa shape index (κ2) is 6.63. The zero-order valence-corrected chi connectivity index (χ0v) is 13.6. The first-order chi connectivity index (χ1) is 11.3. The zero-order chi connectivity index (χ0) is 15.6. The van der Waals surface area contributed by atoms with Crippen LogP contribution in [-0.2, 0) is 6.54 Å². The number of hydrogen-bond acceptors (Lipinski definition) is 7. The van der Waals surface area contributed by atoms with Crippen LogP contribution in [0.1, 0.15) is 5.76 Å². The number of fused-ring (bicyclic) bond motifs is 1. The molecule has 9 heteroatoms. The second-order valence-corrected chi connectivity index (χ2v) is 5.09. The molecule has 0 bridgehead atoms. The van der Waals surface area contributed by atoms with Crippen molar-refractivity contribution in [3.63, 3.8) is 0 Å². The van der Waals surface area contributed by atoms with Crippen molar-refractivity contribution < 1.29 is 4.52 Å². The Bertz CT molecular complexity index is 937. The molecule has 0 fully saturated rings. The summed E-state index contributed by atoms with van der Waals surface area (Å²) in [5.74, 6) is 1.29. The van der Waals surface area contributed by atoms with Gasteiger partial charge in [0.15, 0.2) is 11.4 Å². The van der Waals surface area contributed by atoms with E-state index in [1.807, 2.05) is 36.2 Å². The van der Waals surface area contributed by atoms with Gasteiger partial charge < -0.3 is 9.42 Å². The van der Waals surface area contributed by atoms with E-state index in [1.54, 1.807) is 18.6 Å². The molecule has 0 saturated carbocycles. The van der Waals surface area contributed by atoms with E-state index < -0.39 is 0 Å². The van der Waals surface area contributed by atoms with Gasteiger partial charge in [-0.25, -0.2) is 4.98 Å². The first kappa shape index (κ1) is 15.9. The van der Waals surface area contributed by atoms with Crippen LogP contribution in [0.4, 0.5) is 5.95 Å². The lowest BCUT2D eigenvalue weighted by molar-refractivity contribution is 0.384. The number of anilines is 1. The van der Waals surface area contributed by atoms with Gasteiger partial charge in [-0.15, -0.1) is 12.4 Å². The van der Waals surface area contributed by atoms with Crippen LogP contribution in [-0.4, -0.2) is 37.4 Å². The maximum Gasteiger partial charge on any atom is 0.227 e. The molecule has 4 aromatic heterocycles. The molecule has 0 aliphatic rings. The molecular weight excluding hydrogens is 330 g/mol. The van der Waals surface area contributed by atoms with E-state index in [-0.39, 0.29) is 12.4 Å². The van der Waals surface area contributed by atoms with Gasteiger partial charge >= 0.3 is 0 Å². The summed E-state index contributed by atoms with van der Waals surface area (Å²) in [6, 6.07) is 7.53. The van der Waals surface area contributed by atoms with E-state index in [0.717, 1.165) is 11.1 Å². The average Bonchev–Trinajstić information content (AvgIpc) is 3.24. The molecule has 4 heterocycles. The second-order valence-electron chi connectivity index (χ2n) is 5.09. The van der Waals surface area contributed by atoms with E-state index in [0.29, 0.717) is 29.6 Å². The van der Waals surface area contributed by atoms with Crippen LogP contribution in [0.5, 0.6) is 0 Å². The smallest absolute Gasteiger partial charge is 0.227 e. The average molecular weight is 344 g/mol. The Labute approximate surface area is 143 Å². The molecule has 1 N–H and O–H groups in total. The van der Waals surface area contributed by atoms with Crippen molar-refractivity contribution in [2.24, 2.45) is 0 Å². The fraction of sp³-hybridized carbons (Fsp3) is 0.133. The number of hydrogen-bond donors (Lipinski definition) is 1. The van der Waals surface area contributed by atoms with Crippen LogP contribution in [0.2, 0.25) is 0 Å². The lowest BCUT2D eigenvalue weighted by Gasteiger charge is -2.14. The fourth-order valence-electron chi connectivity index (χ4n) is 2.24. The van der Waals surface area contributed by atoms with Crippen molar-refractivity contribution in [2.45, 2.75) is 6.54 Å². The van der Waals surface area contributed by atoms with Crippen LogP contribution in [0.25, 0.3) is 22.4 Å². The summed E-state index contributed by atoms with van der Waals surface area (Å²) in [5.41, 5.74) is 2.19. The SMILES string of the molecule is CN(Cc1cc(-c2ccccn2)no1)c1ncc2cn[nH]c2n1.Cl. The zero-order valence-electron chi connectivity index (χ0n) is 12.7. The highest BCUT2D eigenvalue weighted by atomic mass is 35.5. The van der Waals surface area contributed by atoms with E-state index in [9.17, 15) is 0 Å². The molecule has 0 aromatic carbocycles. The Kier molecular flexibility index (Phi) is 4.39. The number of pyridine rings is 1. The molecule has 0 saturated heterocycles. The van der Waals surface area contributed by atoms with Crippen molar-refractivity contribution in [1.29, 1.82) is 0 Å². The summed E-state index contributed by atoms with van der Waals surface area (Å²) in [5, 5.41) is 11.7. The van der Waals surface area contributed by atoms with E-state index in [1.165, 1.54) is 0 Å². The minimum Gasteiger partial charge on any atom is -0.359 e. The molecule has 122 valence electrons. The van der Waals surface area contributed by atoms with Gasteiger partial charge in [-0.1, -0.05) is 11.2 Å². The number of H-pyrrole nitrogens is 1. The van der Waals surface area contributed by atoms with E-state index in [4.69, 9.17) is 4.52 Å². The third kappa shape index (κ3) is 3.04. The number of nitrogens with zero attached hydrogens (tertiary/aromatic N) is 6. The van der Waals surface area contributed by atoms with E-state index in [2.05, 4.69) is 30.3 Å². The molecule has 0 aliphatic carbocycles. The number of rotatable bonds is 4. The summed E-state index contributed by atoms with van der Waals surface area (Å²) < 4.78 is 5.38. The maximum atomic E-state index is 5.38. The number of aromatic nitrogens is 6. The molecule has 8 nitrogen and oxygen atoms in total. The van der Waals surface area contributed by atoms with Gasteiger partial charge in [0.1, 0.15) is 5.69 Å². The Balaban J connectivity index is 0.00000169. The predicted molar refractivity (Wildman–Crippen MR) is 90.8 cm³/mol. The highest BCUT2D eigenvalue weighted by molar-refractivity contribution is 5.85. The predicted octanol–water partition coefficient (Wildman–Crippen LogP) is 2.46. The molecule has 4 aromatic rings. The molecule has 4 rings (SSSR count). The largest absolute Gasteiger partial charge is 0.359 e. The normalized spacial score (nSPS) is 10.5. The van der Waals surface area contributed by atoms with Gasteiger partial charge in [-0.05, 0) is 12.1 Å². The third-order valence-electron chi connectivity index (χ3n) is 3.40. The van der Waals surface area contributed by atoms with Gasteiger partial charge in [0.25, 0.3) is 0 Å². The number of halogens is 1. The van der Waals surface area contributed by atoms with Crippen molar-refractivity contribution >= 4 is 29.4 Å². The summed E-state index contributed by atoms with van der Waals surface area (Å²) in [6.45, 7) is 0.499. The third-order valence-corrected chi connectivity index (χ3v) is 3.40. The van der Waals surface area contributed by atoms with Gasteiger partial charge in [0.05, 0.1) is 23.8 Å². The van der Waals surface area contributed by atoms with Gasteiger partial charge in [-0.2, -0.15) is 10.1 Å². The molecule has 0 aliphatic heterocycles. The first-order valence-electron chi connectivity index (χ1n) is 7.04. The van der Waals surface area contributed by atoms with Crippen molar-refractivity contribution in [3.8, 4) is 11.4 Å². The van der Waals surface area contributed by atoms with Gasteiger partial charge in [0, 0.05) is 25.5 Å². The topological polar surface area (TPSA) is 96.6 Å². The van der Waals surface area contributed by atoms with Crippen LogP contribution >= 0.6 is 12.4 Å². The fourth-order valence-corrected chi connectivity index (χ4v) is 2.24. The molecule has 0 atom stereocenters. The van der Waals surface area contributed by atoms with E-state index >= 15 is 0 Å². The Morgan fingerprint density at radius 1 is 1.17 bits per heavy atom. The summed E-state index contributed by atoms with van der Waals surface area (Å²) in [6.07, 6.45) is 5.15. The van der Waals surface area contributed by atoms with Gasteiger partial charge in [0.2, 0.25) is 5.95 Å². The molecule has 24 heavy (non-hydrogen) atoms. The first-order valence-corrected chi connectivity index (χ1v) is 7.04. The molecule has 0 amide bonds. The molecule has 0 unspecified atom stereocenters. The maximum absolute atomic E-state index is 5.38. The van der Waals surface area contributed by atoms with Crippen molar-refractivity contribution in [3.05, 3.63) is 48.6 Å². The Hall–Kier alpha value is -3.00. The van der Waals surface area contributed by atoms with Crippen LogP contribution in [0.3, 0.4) is 0 Å². The van der Waals surface area contributed by atoms with Crippen LogP contribution < -0.4 is 4.90 Å². The molecule has 0 spiro atoms. The number of aromatic amines is 1. The molecule has 0 radical (unpaired) electrons. The Morgan fingerprint density at radius 2 is 2.08 bits per heavy atom. The summed E-state index contributed by atoms with van der Waals surface area (Å²) >= 11 is 0. The van der Waals surface area contributed by atoms with Crippen molar-refractivity contribution in [2.75, 3.05) is 11.9 Å². The van der Waals surface area contributed by atoms with Crippen LogP contribution in [0.15, 0.2) is 47.4 Å². The highest BCUT2D eigenvalue weighted by Crippen LogP contribution is 2.19. The highest BCUT2D eigenvalue weighted by Gasteiger charge is 2.12. The van der Waals surface area contributed by atoms with Crippen LogP contribution in [0, 0.1) is 0 Å². The van der Waals surface area contributed by atoms with Crippen molar-refractivity contribution in [1.82, 2.24) is 30.3 Å². The lowest BCUT2D eigenvalue weighted by atomic mass is 10.2. The monoisotopic (exact) mass is 343 g/mol. The standard InChI is InChI=1S/C15H13N7O.ClH/c1-22(15-17-7-10-8-18-20-14(10)19-15)9-11-6-13(21-23-11)12-4-2-3-5-16-12;/h2-8H,9H2,1H3,(H,17,18,19,20);1H. The van der Waals surface area contributed by atoms with Gasteiger partial charge in [-0.3, -0.25) is 10.1 Å². The Morgan fingerprint density at radius 3 is 2.92 bits per heavy atom. The lowest BCUT2D eigenvalue weighted by Crippen LogP contribution is -2.18.